The highest BCUT2D eigenvalue weighted by Crippen LogP contribution is 2.43. The Bertz CT molecular complexity index is 1830. The molecule has 37 heavy (non-hydrogen) atoms. The smallest absolute Gasteiger partial charge is 0.227 e. The molecule has 0 unspecified atom stereocenters. The van der Waals surface area contributed by atoms with E-state index < -0.39 is 0 Å². The Kier molecular flexibility index (Phi) is 4.93. The molecular formula is C35H25NO. The number of aryl methyl sites for hydroxylation is 2. The standard InChI is InChI=1S/C35H25NO/c1-22-16-17-23(2)34-33(22)36-35(37-34)26-20-18-25(19-21-26)32-29-14-8-6-12-27(29)31(24-10-4-3-5-11-24)28-13-7-9-15-30(28)32/h3-21H,1-2H3. The zero-order valence-corrected chi connectivity index (χ0v) is 20.8. The van der Waals surface area contributed by atoms with Gasteiger partial charge in [0.05, 0.1) is 0 Å². The van der Waals surface area contributed by atoms with Crippen LogP contribution in [0.1, 0.15) is 11.1 Å². The van der Waals surface area contributed by atoms with Crippen LogP contribution >= 0.6 is 0 Å². The van der Waals surface area contributed by atoms with Crippen molar-refractivity contribution >= 4 is 32.6 Å². The minimum atomic E-state index is 0.660. The van der Waals surface area contributed by atoms with Gasteiger partial charge in [-0.1, -0.05) is 103 Å². The molecule has 2 heteroatoms. The summed E-state index contributed by atoms with van der Waals surface area (Å²) in [6.07, 6.45) is 0. The quantitative estimate of drug-likeness (QED) is 0.238. The van der Waals surface area contributed by atoms with Crippen molar-refractivity contribution < 1.29 is 4.42 Å². The Labute approximate surface area is 215 Å². The first-order valence-corrected chi connectivity index (χ1v) is 12.7. The Morgan fingerprint density at radius 1 is 0.459 bits per heavy atom. The van der Waals surface area contributed by atoms with E-state index in [0.717, 1.165) is 27.8 Å². The number of hydrogen-bond acceptors (Lipinski definition) is 2. The predicted molar refractivity (Wildman–Crippen MR) is 155 cm³/mol. The van der Waals surface area contributed by atoms with Gasteiger partial charge in [0.25, 0.3) is 0 Å². The summed E-state index contributed by atoms with van der Waals surface area (Å²) in [7, 11) is 0. The molecule has 0 atom stereocenters. The number of benzene rings is 6. The summed E-state index contributed by atoms with van der Waals surface area (Å²) >= 11 is 0. The summed E-state index contributed by atoms with van der Waals surface area (Å²) in [6, 6.07) is 41.0. The third kappa shape index (κ3) is 3.45. The SMILES string of the molecule is Cc1ccc(C)c2oc(-c3ccc(-c4c5ccccc5c(-c5ccccc5)c5ccccc45)cc3)nc12. The van der Waals surface area contributed by atoms with Crippen LogP contribution in [0, 0.1) is 13.8 Å². The topological polar surface area (TPSA) is 26.0 Å². The maximum absolute atomic E-state index is 6.21. The molecule has 0 spiro atoms. The lowest BCUT2D eigenvalue weighted by Gasteiger charge is -2.17. The van der Waals surface area contributed by atoms with Gasteiger partial charge in [0, 0.05) is 5.56 Å². The third-order valence-corrected chi connectivity index (χ3v) is 7.36. The highest BCUT2D eigenvalue weighted by molar-refractivity contribution is 6.21. The van der Waals surface area contributed by atoms with Crippen molar-refractivity contribution in [3.63, 3.8) is 0 Å². The summed E-state index contributed by atoms with van der Waals surface area (Å²) in [5.41, 5.74) is 9.97. The zero-order valence-electron chi connectivity index (χ0n) is 20.8. The van der Waals surface area contributed by atoms with Crippen LogP contribution in [-0.2, 0) is 0 Å². The van der Waals surface area contributed by atoms with Gasteiger partial charge in [-0.15, -0.1) is 0 Å². The molecule has 0 fully saturated rings. The fourth-order valence-electron chi connectivity index (χ4n) is 5.52. The molecule has 0 bridgehead atoms. The number of hydrogen-bond donors (Lipinski definition) is 0. The van der Waals surface area contributed by atoms with Crippen molar-refractivity contribution in [2.75, 3.05) is 0 Å². The van der Waals surface area contributed by atoms with Crippen molar-refractivity contribution in [1.82, 2.24) is 4.98 Å². The lowest BCUT2D eigenvalue weighted by Crippen LogP contribution is -1.90. The van der Waals surface area contributed by atoms with Gasteiger partial charge in [0.1, 0.15) is 5.52 Å². The summed E-state index contributed by atoms with van der Waals surface area (Å²) in [4.78, 5) is 4.82. The molecule has 0 aliphatic heterocycles. The third-order valence-electron chi connectivity index (χ3n) is 7.36. The van der Waals surface area contributed by atoms with Gasteiger partial charge < -0.3 is 4.42 Å². The molecule has 0 aliphatic carbocycles. The lowest BCUT2D eigenvalue weighted by molar-refractivity contribution is 0.617. The molecular weight excluding hydrogens is 450 g/mol. The van der Waals surface area contributed by atoms with E-state index in [2.05, 4.69) is 129 Å². The first kappa shape index (κ1) is 21.6. The second-order valence-corrected chi connectivity index (χ2v) is 9.68. The van der Waals surface area contributed by atoms with E-state index in [9.17, 15) is 0 Å². The van der Waals surface area contributed by atoms with Crippen molar-refractivity contribution in [1.29, 1.82) is 0 Å². The van der Waals surface area contributed by atoms with Crippen LogP contribution in [-0.4, -0.2) is 4.98 Å². The molecule has 1 heterocycles. The first-order valence-electron chi connectivity index (χ1n) is 12.7. The highest BCUT2D eigenvalue weighted by Gasteiger charge is 2.17. The molecule has 1 aromatic heterocycles. The maximum Gasteiger partial charge on any atom is 0.227 e. The van der Waals surface area contributed by atoms with E-state index in [1.807, 2.05) is 0 Å². The van der Waals surface area contributed by atoms with Crippen LogP contribution in [0.2, 0.25) is 0 Å². The van der Waals surface area contributed by atoms with Crippen LogP contribution in [0.5, 0.6) is 0 Å². The van der Waals surface area contributed by atoms with Gasteiger partial charge in [-0.2, -0.15) is 0 Å². The lowest BCUT2D eigenvalue weighted by atomic mass is 9.86. The molecule has 0 saturated heterocycles. The fourth-order valence-corrected chi connectivity index (χ4v) is 5.52. The van der Waals surface area contributed by atoms with E-state index in [1.165, 1.54) is 43.8 Å². The van der Waals surface area contributed by atoms with E-state index >= 15 is 0 Å². The molecule has 0 aliphatic rings. The predicted octanol–water partition coefficient (Wildman–Crippen LogP) is 9.75. The molecule has 176 valence electrons. The summed E-state index contributed by atoms with van der Waals surface area (Å²) in [5.74, 6) is 0.660. The van der Waals surface area contributed by atoms with Gasteiger partial charge in [-0.3, -0.25) is 0 Å². The summed E-state index contributed by atoms with van der Waals surface area (Å²) in [6.45, 7) is 4.14. The Morgan fingerprint density at radius 2 is 0.919 bits per heavy atom. The minimum absolute atomic E-state index is 0.660. The average Bonchev–Trinajstić information content (AvgIpc) is 3.41. The van der Waals surface area contributed by atoms with Crippen molar-refractivity contribution in [2.24, 2.45) is 0 Å². The monoisotopic (exact) mass is 475 g/mol. The molecule has 7 aromatic rings. The van der Waals surface area contributed by atoms with Crippen molar-refractivity contribution in [3.05, 3.63) is 126 Å². The largest absolute Gasteiger partial charge is 0.436 e. The molecule has 7 rings (SSSR count). The molecule has 0 saturated carbocycles. The van der Waals surface area contributed by atoms with Gasteiger partial charge in [-0.25, -0.2) is 4.98 Å². The van der Waals surface area contributed by atoms with E-state index in [1.54, 1.807) is 0 Å². The second kappa shape index (κ2) is 8.46. The number of aromatic nitrogens is 1. The number of fused-ring (bicyclic) bond motifs is 3. The minimum Gasteiger partial charge on any atom is -0.436 e. The molecule has 2 nitrogen and oxygen atoms in total. The molecule has 6 aromatic carbocycles. The molecule has 0 N–H and O–H groups in total. The van der Waals surface area contributed by atoms with Crippen molar-refractivity contribution in [2.45, 2.75) is 13.8 Å². The molecule has 0 amide bonds. The number of oxazole rings is 1. The summed E-state index contributed by atoms with van der Waals surface area (Å²) in [5, 5.41) is 5.02. The van der Waals surface area contributed by atoms with E-state index in [-0.39, 0.29) is 0 Å². The highest BCUT2D eigenvalue weighted by atomic mass is 16.3. The van der Waals surface area contributed by atoms with Crippen LogP contribution in [0.25, 0.3) is 66.4 Å². The average molecular weight is 476 g/mol. The Morgan fingerprint density at radius 3 is 1.46 bits per heavy atom. The first-order chi connectivity index (χ1) is 18.2. The van der Waals surface area contributed by atoms with Gasteiger partial charge in [-0.05, 0) is 80.9 Å². The Hall–Kier alpha value is -4.69. The maximum atomic E-state index is 6.21. The zero-order chi connectivity index (χ0) is 24.9. The summed E-state index contributed by atoms with van der Waals surface area (Å²) < 4.78 is 6.21. The van der Waals surface area contributed by atoms with Gasteiger partial charge in [0.2, 0.25) is 5.89 Å². The number of rotatable bonds is 3. The van der Waals surface area contributed by atoms with Crippen LogP contribution in [0.4, 0.5) is 0 Å². The van der Waals surface area contributed by atoms with Crippen LogP contribution in [0.3, 0.4) is 0 Å². The van der Waals surface area contributed by atoms with E-state index in [0.29, 0.717) is 5.89 Å². The number of nitrogens with zero attached hydrogens (tertiary/aromatic N) is 1. The Balaban J connectivity index is 1.44. The second-order valence-electron chi connectivity index (χ2n) is 9.68. The van der Waals surface area contributed by atoms with Crippen molar-refractivity contribution in [3.8, 4) is 33.7 Å². The normalized spacial score (nSPS) is 11.5. The van der Waals surface area contributed by atoms with E-state index in [4.69, 9.17) is 9.40 Å². The fraction of sp³-hybridized carbons (Fsp3) is 0.0571. The van der Waals surface area contributed by atoms with Crippen LogP contribution in [0.15, 0.2) is 120 Å². The molecule has 0 radical (unpaired) electrons. The van der Waals surface area contributed by atoms with Gasteiger partial charge in [0.15, 0.2) is 5.58 Å². The van der Waals surface area contributed by atoms with Crippen LogP contribution < -0.4 is 0 Å². The van der Waals surface area contributed by atoms with Gasteiger partial charge >= 0.3 is 0 Å².